The van der Waals surface area contributed by atoms with Crippen LogP contribution in [-0.2, 0) is 28.9 Å². The Hall–Kier alpha value is -1.69. The Bertz CT molecular complexity index is 797. The minimum atomic E-state index is -3.27. The van der Waals surface area contributed by atoms with Gasteiger partial charge in [0.05, 0.1) is 5.75 Å². The molecular formula is C20H28N2O2S. The van der Waals surface area contributed by atoms with Gasteiger partial charge in [0.15, 0.2) is 0 Å². The van der Waals surface area contributed by atoms with E-state index in [1.54, 1.807) is 0 Å². The monoisotopic (exact) mass is 360 g/mol. The molecule has 0 unspecified atom stereocenters. The molecule has 0 saturated carbocycles. The Morgan fingerprint density at radius 3 is 2.20 bits per heavy atom. The normalized spacial score (nSPS) is 11.9. The van der Waals surface area contributed by atoms with Crippen LogP contribution in [-0.4, -0.2) is 14.5 Å². The maximum atomic E-state index is 12.0. The van der Waals surface area contributed by atoms with Gasteiger partial charge in [-0.25, -0.2) is 13.1 Å². The number of sulfonamides is 1. The van der Waals surface area contributed by atoms with Gasteiger partial charge in [-0.15, -0.1) is 0 Å². The van der Waals surface area contributed by atoms with Crippen LogP contribution in [0.4, 0.5) is 0 Å². The van der Waals surface area contributed by atoms with Gasteiger partial charge in [-0.1, -0.05) is 42.5 Å². The molecule has 0 amide bonds. The molecular weight excluding hydrogens is 332 g/mol. The summed E-state index contributed by atoms with van der Waals surface area (Å²) >= 11 is 0. The lowest BCUT2D eigenvalue weighted by molar-refractivity contribution is 0.569. The average molecular weight is 361 g/mol. The summed E-state index contributed by atoms with van der Waals surface area (Å²) in [5.41, 5.74) is 5.88. The van der Waals surface area contributed by atoms with Gasteiger partial charge in [0.2, 0.25) is 10.0 Å². The van der Waals surface area contributed by atoms with Crippen molar-refractivity contribution in [3.8, 4) is 0 Å². The summed E-state index contributed by atoms with van der Waals surface area (Å²) in [4.78, 5) is 0. The Labute approximate surface area is 151 Å². The zero-order chi connectivity index (χ0) is 18.4. The van der Waals surface area contributed by atoms with Crippen molar-refractivity contribution in [2.45, 2.75) is 52.6 Å². The molecule has 2 rings (SSSR count). The van der Waals surface area contributed by atoms with Gasteiger partial charge in [-0.05, 0) is 55.5 Å². The lowest BCUT2D eigenvalue weighted by atomic mass is 10.0. The molecule has 0 aliphatic carbocycles. The topological polar surface area (TPSA) is 58.2 Å². The molecule has 0 bridgehead atoms. The van der Waals surface area contributed by atoms with E-state index in [-0.39, 0.29) is 11.8 Å². The number of hydrogen-bond donors (Lipinski definition) is 2. The summed E-state index contributed by atoms with van der Waals surface area (Å²) in [6, 6.07) is 14.0. The van der Waals surface area contributed by atoms with Crippen LogP contribution >= 0.6 is 0 Å². The molecule has 0 heterocycles. The molecule has 4 nitrogen and oxygen atoms in total. The summed E-state index contributed by atoms with van der Waals surface area (Å²) in [6.07, 6.45) is 0. The summed E-state index contributed by atoms with van der Waals surface area (Å²) in [7, 11) is -3.27. The second-order valence-electron chi connectivity index (χ2n) is 6.81. The van der Waals surface area contributed by atoms with Gasteiger partial charge in [-0.3, -0.25) is 0 Å². The van der Waals surface area contributed by atoms with E-state index in [4.69, 9.17) is 0 Å². The first-order valence-corrected chi connectivity index (χ1v) is 10.3. The van der Waals surface area contributed by atoms with E-state index < -0.39 is 10.0 Å². The Morgan fingerprint density at radius 1 is 0.920 bits per heavy atom. The SMILES string of the molecule is Cc1cccc(CNCc2ccc(CS(=O)(=O)NC(C)C)cc2)c1C. The molecule has 25 heavy (non-hydrogen) atoms. The summed E-state index contributed by atoms with van der Waals surface area (Å²) in [5.74, 6) is 0.0153. The van der Waals surface area contributed by atoms with E-state index in [2.05, 4.69) is 42.1 Å². The van der Waals surface area contributed by atoms with Crippen molar-refractivity contribution in [2.24, 2.45) is 0 Å². The third-order valence-electron chi connectivity index (χ3n) is 4.16. The number of benzene rings is 2. The summed E-state index contributed by atoms with van der Waals surface area (Å²) in [5, 5.41) is 3.45. The maximum absolute atomic E-state index is 12.0. The van der Waals surface area contributed by atoms with E-state index in [1.165, 1.54) is 16.7 Å². The molecule has 0 aromatic heterocycles. The largest absolute Gasteiger partial charge is 0.309 e. The smallest absolute Gasteiger partial charge is 0.216 e. The van der Waals surface area contributed by atoms with Crippen molar-refractivity contribution in [1.29, 1.82) is 0 Å². The molecule has 5 heteroatoms. The molecule has 0 radical (unpaired) electrons. The fraction of sp³-hybridized carbons (Fsp3) is 0.400. The molecule has 0 saturated heterocycles. The minimum absolute atomic E-state index is 0.0153. The van der Waals surface area contributed by atoms with Crippen molar-refractivity contribution in [2.75, 3.05) is 0 Å². The number of hydrogen-bond acceptors (Lipinski definition) is 3. The van der Waals surface area contributed by atoms with Crippen molar-refractivity contribution in [3.63, 3.8) is 0 Å². The molecule has 136 valence electrons. The third kappa shape index (κ3) is 6.27. The van der Waals surface area contributed by atoms with Crippen LogP contribution in [0.25, 0.3) is 0 Å². The Morgan fingerprint density at radius 2 is 1.56 bits per heavy atom. The Kier molecular flexibility index (Phi) is 6.76. The average Bonchev–Trinajstić information content (AvgIpc) is 2.51. The van der Waals surface area contributed by atoms with E-state index in [0.717, 1.165) is 24.2 Å². The minimum Gasteiger partial charge on any atom is -0.309 e. The first-order chi connectivity index (χ1) is 11.8. The Balaban J connectivity index is 1.89. The van der Waals surface area contributed by atoms with E-state index >= 15 is 0 Å². The van der Waals surface area contributed by atoms with E-state index in [9.17, 15) is 8.42 Å². The van der Waals surface area contributed by atoms with Crippen LogP contribution in [0.2, 0.25) is 0 Å². The van der Waals surface area contributed by atoms with Crippen molar-refractivity contribution in [1.82, 2.24) is 10.0 Å². The molecule has 0 spiro atoms. The van der Waals surface area contributed by atoms with Crippen LogP contribution in [0.15, 0.2) is 42.5 Å². The summed E-state index contributed by atoms with van der Waals surface area (Å²) in [6.45, 7) is 9.49. The standard InChI is InChI=1S/C20H28N2O2S/c1-15(2)22-25(23,24)14-19-10-8-18(9-11-19)12-21-13-20-7-5-6-16(3)17(20)4/h5-11,15,21-22H,12-14H2,1-4H3. The first kappa shape index (κ1) is 19.6. The fourth-order valence-corrected chi connectivity index (χ4v) is 4.15. The first-order valence-electron chi connectivity index (χ1n) is 8.60. The van der Waals surface area contributed by atoms with Crippen LogP contribution in [0, 0.1) is 13.8 Å². The zero-order valence-electron chi connectivity index (χ0n) is 15.5. The second kappa shape index (κ2) is 8.61. The van der Waals surface area contributed by atoms with Crippen LogP contribution in [0.5, 0.6) is 0 Å². The highest BCUT2D eigenvalue weighted by Gasteiger charge is 2.12. The lowest BCUT2D eigenvalue weighted by Gasteiger charge is -2.11. The predicted octanol–water partition coefficient (Wildman–Crippen LogP) is 3.42. The van der Waals surface area contributed by atoms with Gasteiger partial charge in [-0.2, -0.15) is 0 Å². The highest BCUT2D eigenvalue weighted by atomic mass is 32.2. The van der Waals surface area contributed by atoms with Crippen LogP contribution in [0.1, 0.15) is 41.7 Å². The second-order valence-corrected chi connectivity index (χ2v) is 8.56. The van der Waals surface area contributed by atoms with Gasteiger partial charge in [0.1, 0.15) is 0 Å². The molecule has 0 fully saturated rings. The van der Waals surface area contributed by atoms with Gasteiger partial charge in [0.25, 0.3) is 0 Å². The maximum Gasteiger partial charge on any atom is 0.216 e. The van der Waals surface area contributed by atoms with Crippen molar-refractivity contribution in [3.05, 3.63) is 70.3 Å². The highest BCUT2D eigenvalue weighted by molar-refractivity contribution is 7.88. The molecule has 0 atom stereocenters. The highest BCUT2D eigenvalue weighted by Crippen LogP contribution is 2.13. The molecule has 0 aliphatic heterocycles. The van der Waals surface area contributed by atoms with Gasteiger partial charge >= 0.3 is 0 Å². The lowest BCUT2D eigenvalue weighted by Crippen LogP contribution is -2.31. The van der Waals surface area contributed by atoms with E-state index in [1.807, 2.05) is 38.1 Å². The molecule has 0 aliphatic rings. The quantitative estimate of drug-likeness (QED) is 0.758. The fourth-order valence-electron chi connectivity index (χ4n) is 2.72. The van der Waals surface area contributed by atoms with Gasteiger partial charge in [0, 0.05) is 19.1 Å². The molecule has 2 aromatic rings. The molecule has 2 N–H and O–H groups in total. The third-order valence-corrected chi connectivity index (χ3v) is 5.70. The number of rotatable bonds is 8. The van der Waals surface area contributed by atoms with Gasteiger partial charge < -0.3 is 5.32 Å². The van der Waals surface area contributed by atoms with Crippen LogP contribution < -0.4 is 10.0 Å². The van der Waals surface area contributed by atoms with Crippen molar-refractivity contribution < 1.29 is 8.42 Å². The zero-order valence-corrected chi connectivity index (χ0v) is 16.3. The summed E-state index contributed by atoms with van der Waals surface area (Å²) < 4.78 is 26.5. The number of aryl methyl sites for hydroxylation is 1. The van der Waals surface area contributed by atoms with Crippen LogP contribution in [0.3, 0.4) is 0 Å². The number of nitrogens with one attached hydrogen (secondary N) is 2. The van der Waals surface area contributed by atoms with Crippen molar-refractivity contribution >= 4 is 10.0 Å². The predicted molar refractivity (Wildman–Crippen MR) is 104 cm³/mol. The van der Waals surface area contributed by atoms with E-state index in [0.29, 0.717) is 0 Å². The molecule has 2 aromatic carbocycles.